The molecule has 1 aliphatic heterocycles. The first-order valence-electron chi connectivity index (χ1n) is 8.03. The van der Waals surface area contributed by atoms with E-state index in [1.165, 1.54) is 0 Å². The van der Waals surface area contributed by atoms with Crippen molar-refractivity contribution >= 4 is 5.69 Å². The van der Waals surface area contributed by atoms with Crippen molar-refractivity contribution in [2.24, 2.45) is 0 Å². The fraction of sp³-hybridized carbons (Fsp3) is 0.647. The monoisotopic (exact) mass is 294 g/mol. The molecule has 1 aromatic rings. The van der Waals surface area contributed by atoms with Gasteiger partial charge in [-0.15, -0.1) is 0 Å². The molecule has 0 aliphatic carbocycles. The molecule has 0 saturated carbocycles. The predicted octanol–water partition coefficient (Wildman–Crippen LogP) is 3.33. The van der Waals surface area contributed by atoms with Crippen LogP contribution in [0.1, 0.15) is 39.2 Å². The van der Waals surface area contributed by atoms with Crippen molar-refractivity contribution in [3.05, 3.63) is 29.6 Å². The summed E-state index contributed by atoms with van der Waals surface area (Å²) in [6, 6.07) is 5.51. The maximum absolute atomic E-state index is 13.6. The lowest BCUT2D eigenvalue weighted by Gasteiger charge is -2.41. The number of nitrogens with zero attached hydrogens (tertiary/aromatic N) is 1. The zero-order valence-corrected chi connectivity index (χ0v) is 13.4. The van der Waals surface area contributed by atoms with Gasteiger partial charge in [0.05, 0.1) is 18.8 Å². The molecule has 1 aromatic carbocycles. The third-order valence-corrected chi connectivity index (χ3v) is 4.03. The molecule has 1 fully saturated rings. The normalized spacial score (nSPS) is 22.6. The molecule has 0 aromatic heterocycles. The number of halogens is 1. The lowest BCUT2D eigenvalue weighted by molar-refractivity contribution is 0.0299. The highest BCUT2D eigenvalue weighted by Crippen LogP contribution is 2.28. The van der Waals surface area contributed by atoms with E-state index >= 15 is 0 Å². The number of anilines is 1. The van der Waals surface area contributed by atoms with Gasteiger partial charge in [-0.25, -0.2) is 4.39 Å². The molecule has 21 heavy (non-hydrogen) atoms. The summed E-state index contributed by atoms with van der Waals surface area (Å²) >= 11 is 0. The van der Waals surface area contributed by atoms with Crippen molar-refractivity contribution in [1.29, 1.82) is 0 Å². The van der Waals surface area contributed by atoms with Crippen molar-refractivity contribution in [2.75, 3.05) is 24.6 Å². The van der Waals surface area contributed by atoms with Gasteiger partial charge in [0.2, 0.25) is 0 Å². The Labute approximate surface area is 127 Å². The third-order valence-electron chi connectivity index (χ3n) is 4.03. The smallest absolute Gasteiger partial charge is 0.123 e. The summed E-state index contributed by atoms with van der Waals surface area (Å²) in [6.07, 6.45) is 2.33. The standard InChI is InChI=1S/C17H27FN2O/c1-4-8-19-10-14-9-15(18)6-7-17(14)20-11-13(3)21-12-16(20)5-2/h6-7,9,13,16,19H,4-5,8,10-12H2,1-3H3. The van der Waals surface area contributed by atoms with E-state index < -0.39 is 0 Å². The Morgan fingerprint density at radius 1 is 1.38 bits per heavy atom. The average Bonchev–Trinajstić information content (AvgIpc) is 2.48. The van der Waals surface area contributed by atoms with E-state index in [0.29, 0.717) is 12.6 Å². The topological polar surface area (TPSA) is 24.5 Å². The van der Waals surface area contributed by atoms with Gasteiger partial charge in [-0.05, 0) is 50.1 Å². The number of morpholine rings is 1. The molecular weight excluding hydrogens is 267 g/mol. The minimum Gasteiger partial charge on any atom is -0.375 e. The second-order valence-electron chi connectivity index (χ2n) is 5.81. The number of hydrogen-bond donors (Lipinski definition) is 1. The van der Waals surface area contributed by atoms with Crippen LogP contribution in [0.25, 0.3) is 0 Å². The van der Waals surface area contributed by atoms with Gasteiger partial charge in [0.15, 0.2) is 0 Å². The Balaban J connectivity index is 2.23. The lowest BCUT2D eigenvalue weighted by atomic mass is 10.1. The zero-order chi connectivity index (χ0) is 15.2. The number of hydrogen-bond acceptors (Lipinski definition) is 3. The maximum Gasteiger partial charge on any atom is 0.123 e. The molecule has 4 heteroatoms. The summed E-state index contributed by atoms with van der Waals surface area (Å²) in [5.41, 5.74) is 2.18. The maximum atomic E-state index is 13.6. The van der Waals surface area contributed by atoms with Crippen LogP contribution in [0.5, 0.6) is 0 Å². The summed E-state index contributed by atoms with van der Waals surface area (Å²) in [5.74, 6) is -0.165. The molecule has 1 N–H and O–H groups in total. The molecule has 2 atom stereocenters. The van der Waals surface area contributed by atoms with Gasteiger partial charge in [-0.1, -0.05) is 13.8 Å². The molecule has 3 nitrogen and oxygen atoms in total. The minimum atomic E-state index is -0.165. The highest BCUT2D eigenvalue weighted by molar-refractivity contribution is 5.55. The molecule has 0 bridgehead atoms. The first-order valence-corrected chi connectivity index (χ1v) is 8.03. The van der Waals surface area contributed by atoms with E-state index in [4.69, 9.17) is 4.74 Å². The highest BCUT2D eigenvalue weighted by Gasteiger charge is 2.27. The van der Waals surface area contributed by atoms with Crippen molar-refractivity contribution in [3.8, 4) is 0 Å². The Morgan fingerprint density at radius 2 is 2.19 bits per heavy atom. The summed E-state index contributed by atoms with van der Waals surface area (Å²) in [6.45, 7) is 9.68. The SMILES string of the molecule is CCCNCc1cc(F)ccc1N1CC(C)OCC1CC. The van der Waals surface area contributed by atoms with Crippen LogP contribution in [0.15, 0.2) is 18.2 Å². The number of rotatable bonds is 6. The van der Waals surface area contributed by atoms with Gasteiger partial charge in [0, 0.05) is 18.8 Å². The van der Waals surface area contributed by atoms with Crippen LogP contribution in [0.2, 0.25) is 0 Å². The number of benzene rings is 1. The van der Waals surface area contributed by atoms with E-state index in [2.05, 4.69) is 31.0 Å². The Morgan fingerprint density at radius 3 is 2.90 bits per heavy atom. The van der Waals surface area contributed by atoms with E-state index in [1.54, 1.807) is 12.1 Å². The molecule has 0 amide bonds. The van der Waals surface area contributed by atoms with Crippen LogP contribution in [0.3, 0.4) is 0 Å². The Kier molecular flexibility index (Phi) is 6.00. The van der Waals surface area contributed by atoms with E-state index in [0.717, 1.165) is 43.8 Å². The van der Waals surface area contributed by atoms with Crippen LogP contribution in [-0.4, -0.2) is 31.8 Å². The molecule has 0 radical (unpaired) electrons. The summed E-state index contributed by atoms with van der Waals surface area (Å²) in [7, 11) is 0. The van der Waals surface area contributed by atoms with E-state index in [1.807, 2.05) is 6.07 Å². The van der Waals surface area contributed by atoms with E-state index in [-0.39, 0.29) is 11.9 Å². The Hall–Kier alpha value is -1.13. The summed E-state index contributed by atoms with van der Waals surface area (Å²) in [5, 5.41) is 3.38. The second-order valence-corrected chi connectivity index (χ2v) is 5.81. The van der Waals surface area contributed by atoms with Gasteiger partial charge in [-0.2, -0.15) is 0 Å². The number of nitrogens with one attached hydrogen (secondary N) is 1. The number of ether oxygens (including phenoxy) is 1. The van der Waals surface area contributed by atoms with Crippen LogP contribution < -0.4 is 10.2 Å². The molecule has 0 spiro atoms. The van der Waals surface area contributed by atoms with Gasteiger partial charge >= 0.3 is 0 Å². The molecule has 1 heterocycles. The van der Waals surface area contributed by atoms with Crippen LogP contribution in [-0.2, 0) is 11.3 Å². The van der Waals surface area contributed by atoms with Crippen LogP contribution in [0.4, 0.5) is 10.1 Å². The largest absolute Gasteiger partial charge is 0.375 e. The molecule has 118 valence electrons. The molecule has 2 rings (SSSR count). The van der Waals surface area contributed by atoms with Gasteiger partial charge in [0.1, 0.15) is 5.82 Å². The quantitative estimate of drug-likeness (QED) is 0.815. The average molecular weight is 294 g/mol. The van der Waals surface area contributed by atoms with Crippen molar-refractivity contribution < 1.29 is 9.13 Å². The van der Waals surface area contributed by atoms with Gasteiger partial charge in [-0.3, -0.25) is 0 Å². The molecule has 1 saturated heterocycles. The fourth-order valence-electron chi connectivity index (χ4n) is 2.85. The minimum absolute atomic E-state index is 0.165. The summed E-state index contributed by atoms with van der Waals surface area (Å²) in [4.78, 5) is 2.39. The Bertz CT molecular complexity index is 452. The van der Waals surface area contributed by atoms with Gasteiger partial charge < -0.3 is 15.0 Å². The van der Waals surface area contributed by atoms with Crippen molar-refractivity contribution in [2.45, 2.75) is 52.3 Å². The molecule has 1 aliphatic rings. The highest BCUT2D eigenvalue weighted by atomic mass is 19.1. The first kappa shape index (κ1) is 16.2. The van der Waals surface area contributed by atoms with E-state index in [9.17, 15) is 4.39 Å². The second kappa shape index (κ2) is 7.76. The first-order chi connectivity index (χ1) is 10.2. The van der Waals surface area contributed by atoms with Gasteiger partial charge in [0.25, 0.3) is 0 Å². The summed E-state index contributed by atoms with van der Waals surface area (Å²) < 4.78 is 19.4. The fourth-order valence-corrected chi connectivity index (χ4v) is 2.85. The predicted molar refractivity (Wildman–Crippen MR) is 85.2 cm³/mol. The van der Waals surface area contributed by atoms with Crippen LogP contribution in [0, 0.1) is 5.82 Å². The van der Waals surface area contributed by atoms with Crippen molar-refractivity contribution in [3.63, 3.8) is 0 Å². The van der Waals surface area contributed by atoms with Crippen LogP contribution >= 0.6 is 0 Å². The zero-order valence-electron chi connectivity index (χ0n) is 13.4. The molecule has 2 unspecified atom stereocenters. The van der Waals surface area contributed by atoms with Crippen molar-refractivity contribution in [1.82, 2.24) is 5.32 Å². The lowest BCUT2D eigenvalue weighted by Crippen LogP contribution is -2.49. The third kappa shape index (κ3) is 4.17. The molecular formula is C17H27FN2O.